The van der Waals surface area contributed by atoms with Crippen molar-refractivity contribution in [1.29, 1.82) is 0 Å². The third-order valence-corrected chi connectivity index (χ3v) is 5.29. The maximum atomic E-state index is 12.6. The highest BCUT2D eigenvalue weighted by Gasteiger charge is 2.48. The number of carbonyl (C=O) groups excluding carboxylic acids is 2. The number of nitrogens with one attached hydrogen (secondary N) is 2. The predicted molar refractivity (Wildman–Crippen MR) is 106 cm³/mol. The molecule has 1 aromatic rings. The van der Waals surface area contributed by atoms with Crippen molar-refractivity contribution in [3.05, 3.63) is 29.8 Å². The Balaban J connectivity index is 1.45. The second kappa shape index (κ2) is 8.40. The minimum absolute atomic E-state index is 0.00693. The summed E-state index contributed by atoms with van der Waals surface area (Å²) >= 11 is 0. The van der Waals surface area contributed by atoms with Crippen LogP contribution in [0.3, 0.4) is 0 Å². The van der Waals surface area contributed by atoms with Crippen LogP contribution in [0, 0.1) is 11.8 Å². The first kappa shape index (κ1) is 19.8. The lowest BCUT2D eigenvalue weighted by molar-refractivity contribution is -0.125. The fraction of sp³-hybridized carbons (Fsp3) is 0.619. The van der Waals surface area contributed by atoms with Crippen molar-refractivity contribution >= 4 is 17.5 Å². The van der Waals surface area contributed by atoms with Crippen molar-refractivity contribution in [2.24, 2.45) is 11.8 Å². The number of rotatable bonds is 6. The van der Waals surface area contributed by atoms with E-state index in [1.165, 1.54) is 0 Å². The van der Waals surface area contributed by atoms with Crippen LogP contribution >= 0.6 is 0 Å². The summed E-state index contributed by atoms with van der Waals surface area (Å²) in [6.45, 7) is 11.2. The molecule has 0 aromatic heterocycles. The standard InChI is InChI=1S/C21H31N3O3/c1-21(2,3)17-6-4-5-7-18(17)23-20(26)16-14-15(16)19(25)22-8-9-24-10-12-27-13-11-24/h4-7,15-16H,8-14H2,1-3H3,(H,22,25)(H,23,26). The van der Waals surface area contributed by atoms with E-state index < -0.39 is 0 Å². The number of anilines is 1. The molecule has 1 saturated heterocycles. The number of nitrogens with zero attached hydrogens (tertiary/aromatic N) is 1. The van der Waals surface area contributed by atoms with Gasteiger partial charge < -0.3 is 15.4 Å². The summed E-state index contributed by atoms with van der Waals surface area (Å²) in [4.78, 5) is 27.2. The van der Waals surface area contributed by atoms with E-state index in [-0.39, 0.29) is 29.1 Å². The maximum absolute atomic E-state index is 12.6. The Labute approximate surface area is 161 Å². The Bertz CT molecular complexity index is 677. The van der Waals surface area contributed by atoms with Gasteiger partial charge in [-0.3, -0.25) is 14.5 Å². The van der Waals surface area contributed by atoms with Crippen molar-refractivity contribution < 1.29 is 14.3 Å². The molecule has 3 rings (SSSR count). The van der Waals surface area contributed by atoms with Gasteiger partial charge in [-0.1, -0.05) is 39.0 Å². The first-order valence-electron chi connectivity index (χ1n) is 9.84. The molecule has 0 bridgehead atoms. The van der Waals surface area contributed by atoms with Gasteiger partial charge in [-0.25, -0.2) is 0 Å². The molecule has 148 valence electrons. The van der Waals surface area contributed by atoms with Crippen LogP contribution in [0.15, 0.2) is 24.3 Å². The average molecular weight is 373 g/mol. The number of benzene rings is 1. The Morgan fingerprint density at radius 3 is 2.48 bits per heavy atom. The average Bonchev–Trinajstić information content (AvgIpc) is 3.43. The van der Waals surface area contributed by atoms with Crippen LogP contribution in [0.2, 0.25) is 0 Å². The van der Waals surface area contributed by atoms with Crippen molar-refractivity contribution in [3.63, 3.8) is 0 Å². The minimum atomic E-state index is -0.221. The molecule has 6 nitrogen and oxygen atoms in total. The van der Waals surface area contributed by atoms with Crippen LogP contribution in [0.1, 0.15) is 32.8 Å². The van der Waals surface area contributed by atoms with Crippen LogP contribution in [0.4, 0.5) is 5.69 Å². The van der Waals surface area contributed by atoms with E-state index in [4.69, 9.17) is 4.74 Å². The van der Waals surface area contributed by atoms with Gasteiger partial charge in [0.05, 0.1) is 25.0 Å². The highest BCUT2D eigenvalue weighted by molar-refractivity contribution is 6.00. The number of amides is 2. The molecule has 1 heterocycles. The SMILES string of the molecule is CC(C)(C)c1ccccc1NC(=O)C1CC1C(=O)NCCN1CCOCC1. The second-order valence-corrected chi connectivity index (χ2v) is 8.48. The van der Waals surface area contributed by atoms with Crippen LogP contribution in [0.25, 0.3) is 0 Å². The topological polar surface area (TPSA) is 70.7 Å². The summed E-state index contributed by atoms with van der Waals surface area (Å²) in [6.07, 6.45) is 0.632. The number of carbonyl (C=O) groups is 2. The van der Waals surface area contributed by atoms with Gasteiger partial charge in [-0.15, -0.1) is 0 Å². The normalized spacial score (nSPS) is 22.9. The predicted octanol–water partition coefficient (Wildman–Crippen LogP) is 2.01. The summed E-state index contributed by atoms with van der Waals surface area (Å²) in [7, 11) is 0. The van der Waals surface area contributed by atoms with Gasteiger partial charge in [0.2, 0.25) is 11.8 Å². The summed E-state index contributed by atoms with van der Waals surface area (Å²) in [5, 5.41) is 6.01. The van der Waals surface area contributed by atoms with Gasteiger partial charge in [0.1, 0.15) is 0 Å². The zero-order valence-electron chi connectivity index (χ0n) is 16.6. The largest absolute Gasteiger partial charge is 0.379 e. The maximum Gasteiger partial charge on any atom is 0.228 e. The molecule has 2 amide bonds. The highest BCUT2D eigenvalue weighted by atomic mass is 16.5. The number of hydrogen-bond acceptors (Lipinski definition) is 4. The Morgan fingerprint density at radius 1 is 1.11 bits per heavy atom. The molecular formula is C21H31N3O3. The van der Waals surface area contributed by atoms with E-state index in [9.17, 15) is 9.59 Å². The van der Waals surface area contributed by atoms with Crippen LogP contribution in [0.5, 0.6) is 0 Å². The number of ether oxygens (including phenoxy) is 1. The van der Waals surface area contributed by atoms with Gasteiger partial charge >= 0.3 is 0 Å². The Hall–Kier alpha value is -1.92. The fourth-order valence-corrected chi connectivity index (χ4v) is 3.54. The van der Waals surface area contributed by atoms with Gasteiger partial charge in [0, 0.05) is 31.9 Å². The van der Waals surface area contributed by atoms with Gasteiger partial charge in [-0.2, -0.15) is 0 Å². The lowest BCUT2D eigenvalue weighted by atomic mass is 9.86. The van der Waals surface area contributed by atoms with E-state index in [0.717, 1.165) is 44.1 Å². The van der Waals surface area contributed by atoms with E-state index in [1.807, 2.05) is 24.3 Å². The molecule has 1 saturated carbocycles. The number of hydrogen-bond donors (Lipinski definition) is 2. The lowest BCUT2D eigenvalue weighted by Gasteiger charge is -2.26. The van der Waals surface area contributed by atoms with Gasteiger partial charge in [-0.05, 0) is 23.5 Å². The van der Waals surface area contributed by atoms with Crippen molar-refractivity contribution in [1.82, 2.24) is 10.2 Å². The zero-order chi connectivity index (χ0) is 19.4. The molecular weight excluding hydrogens is 342 g/mol. The third kappa shape index (κ3) is 5.30. The smallest absolute Gasteiger partial charge is 0.228 e. The van der Waals surface area contributed by atoms with Gasteiger partial charge in [0.15, 0.2) is 0 Å². The lowest BCUT2D eigenvalue weighted by Crippen LogP contribution is -2.41. The molecule has 2 aliphatic rings. The summed E-state index contributed by atoms with van der Waals surface area (Å²) in [6, 6.07) is 7.88. The molecule has 2 fully saturated rings. The van der Waals surface area contributed by atoms with E-state index in [1.54, 1.807) is 0 Å². The first-order chi connectivity index (χ1) is 12.9. The van der Waals surface area contributed by atoms with Crippen LogP contribution in [-0.2, 0) is 19.7 Å². The summed E-state index contributed by atoms with van der Waals surface area (Å²) in [5.41, 5.74) is 1.89. The molecule has 1 aliphatic carbocycles. The molecule has 0 radical (unpaired) electrons. The van der Waals surface area contributed by atoms with E-state index in [0.29, 0.717) is 13.0 Å². The number of morpholine rings is 1. The highest BCUT2D eigenvalue weighted by Crippen LogP contribution is 2.40. The van der Waals surface area contributed by atoms with E-state index >= 15 is 0 Å². The molecule has 27 heavy (non-hydrogen) atoms. The summed E-state index contributed by atoms with van der Waals surface area (Å²) in [5.74, 6) is -0.481. The summed E-state index contributed by atoms with van der Waals surface area (Å²) < 4.78 is 5.32. The van der Waals surface area contributed by atoms with Gasteiger partial charge in [0.25, 0.3) is 0 Å². The molecule has 6 heteroatoms. The minimum Gasteiger partial charge on any atom is -0.379 e. The molecule has 1 aromatic carbocycles. The van der Waals surface area contributed by atoms with Crippen LogP contribution < -0.4 is 10.6 Å². The monoisotopic (exact) mass is 373 g/mol. The Morgan fingerprint density at radius 2 is 1.78 bits per heavy atom. The van der Waals surface area contributed by atoms with Crippen molar-refractivity contribution in [2.45, 2.75) is 32.6 Å². The third-order valence-electron chi connectivity index (χ3n) is 5.29. The number of para-hydroxylation sites is 1. The second-order valence-electron chi connectivity index (χ2n) is 8.48. The Kier molecular flexibility index (Phi) is 6.17. The molecule has 2 atom stereocenters. The van der Waals surface area contributed by atoms with E-state index in [2.05, 4.69) is 36.3 Å². The molecule has 1 aliphatic heterocycles. The fourth-order valence-electron chi connectivity index (χ4n) is 3.54. The quantitative estimate of drug-likeness (QED) is 0.800. The molecule has 2 unspecified atom stereocenters. The molecule has 0 spiro atoms. The molecule has 2 N–H and O–H groups in total. The van der Waals surface area contributed by atoms with Crippen LogP contribution in [-0.4, -0.2) is 56.1 Å². The first-order valence-corrected chi connectivity index (χ1v) is 9.84. The van der Waals surface area contributed by atoms with Crippen molar-refractivity contribution in [2.75, 3.05) is 44.7 Å². The van der Waals surface area contributed by atoms with Crippen molar-refractivity contribution in [3.8, 4) is 0 Å². The zero-order valence-corrected chi connectivity index (χ0v) is 16.6.